The van der Waals surface area contributed by atoms with E-state index in [4.69, 9.17) is 4.74 Å². The van der Waals surface area contributed by atoms with E-state index in [-0.39, 0.29) is 37.5 Å². The van der Waals surface area contributed by atoms with Gasteiger partial charge in [-0.2, -0.15) is 0 Å². The Morgan fingerprint density at radius 1 is 0.864 bits per heavy atom. The number of nitro groups is 1. The van der Waals surface area contributed by atoms with Gasteiger partial charge >= 0.3 is 12.1 Å². The van der Waals surface area contributed by atoms with Gasteiger partial charge in [0, 0.05) is 42.8 Å². The Bertz CT molecular complexity index is 1650. The first-order chi connectivity index (χ1) is 20.8. The lowest BCUT2D eigenvalue weighted by atomic mass is 9.89. The monoisotopic (exact) mass is 600 g/mol. The minimum absolute atomic E-state index is 0.0221. The Balaban J connectivity index is 1.46. The van der Waals surface area contributed by atoms with Gasteiger partial charge in [-0.15, -0.1) is 0 Å². The SMILES string of the molecule is CC(C)(C)OC(=O)N1Cc2cc([N+](=O)[O-])ccc2CC1C(=O)N1Cc2cc(NC(=O)c3ccccc3)ccc2CC1C(=O)O. The van der Waals surface area contributed by atoms with E-state index < -0.39 is 40.6 Å². The summed E-state index contributed by atoms with van der Waals surface area (Å²) in [6, 6.07) is 15.8. The van der Waals surface area contributed by atoms with Crippen LogP contribution in [0.2, 0.25) is 0 Å². The van der Waals surface area contributed by atoms with Crippen molar-refractivity contribution < 1.29 is 33.9 Å². The molecule has 228 valence electrons. The van der Waals surface area contributed by atoms with E-state index >= 15 is 0 Å². The van der Waals surface area contributed by atoms with Crippen molar-refractivity contribution in [2.75, 3.05) is 5.32 Å². The lowest BCUT2D eigenvalue weighted by molar-refractivity contribution is -0.385. The number of carboxylic acids is 1. The van der Waals surface area contributed by atoms with E-state index in [1.165, 1.54) is 21.9 Å². The van der Waals surface area contributed by atoms with E-state index in [1.807, 2.05) is 0 Å². The second kappa shape index (κ2) is 11.8. The molecule has 0 bridgehead atoms. The van der Waals surface area contributed by atoms with Crippen molar-refractivity contribution in [2.24, 2.45) is 0 Å². The fourth-order valence-corrected chi connectivity index (χ4v) is 5.52. The molecule has 0 aliphatic carbocycles. The summed E-state index contributed by atoms with van der Waals surface area (Å²) in [5, 5.41) is 24.4. The largest absolute Gasteiger partial charge is 0.480 e. The number of benzene rings is 3. The fourth-order valence-electron chi connectivity index (χ4n) is 5.52. The third-order valence-electron chi connectivity index (χ3n) is 7.64. The van der Waals surface area contributed by atoms with Crippen molar-refractivity contribution in [3.63, 3.8) is 0 Å². The summed E-state index contributed by atoms with van der Waals surface area (Å²) in [7, 11) is 0. The molecular formula is C32H32N4O8. The average Bonchev–Trinajstić information content (AvgIpc) is 2.98. The van der Waals surface area contributed by atoms with Gasteiger partial charge in [-0.3, -0.25) is 24.6 Å². The minimum atomic E-state index is -1.20. The van der Waals surface area contributed by atoms with Crippen molar-refractivity contribution in [2.45, 2.75) is 64.4 Å². The van der Waals surface area contributed by atoms with Crippen LogP contribution in [-0.4, -0.2) is 61.4 Å². The maximum absolute atomic E-state index is 14.2. The maximum Gasteiger partial charge on any atom is 0.411 e. The number of non-ortho nitro benzene ring substituents is 1. The summed E-state index contributed by atoms with van der Waals surface area (Å²) >= 11 is 0. The molecule has 3 aromatic carbocycles. The number of anilines is 1. The lowest BCUT2D eigenvalue weighted by Crippen LogP contribution is -2.58. The third kappa shape index (κ3) is 6.38. The highest BCUT2D eigenvalue weighted by Gasteiger charge is 2.43. The highest BCUT2D eigenvalue weighted by Crippen LogP contribution is 2.32. The smallest absolute Gasteiger partial charge is 0.411 e. The van der Waals surface area contributed by atoms with Crippen LogP contribution in [-0.2, 0) is 40.3 Å². The van der Waals surface area contributed by atoms with Crippen molar-refractivity contribution in [3.05, 3.63) is 105 Å². The quantitative estimate of drug-likeness (QED) is 0.319. The number of hydrogen-bond acceptors (Lipinski definition) is 7. The van der Waals surface area contributed by atoms with Crippen molar-refractivity contribution in [1.29, 1.82) is 0 Å². The van der Waals surface area contributed by atoms with E-state index in [2.05, 4.69) is 5.32 Å². The van der Waals surface area contributed by atoms with Crippen LogP contribution >= 0.6 is 0 Å². The number of nitrogens with one attached hydrogen (secondary N) is 1. The summed E-state index contributed by atoms with van der Waals surface area (Å²) in [6.07, 6.45) is -0.734. The zero-order chi connectivity index (χ0) is 31.8. The van der Waals surface area contributed by atoms with Gasteiger partial charge in [0.05, 0.1) is 11.5 Å². The number of nitro benzene ring substituents is 1. The molecule has 12 nitrogen and oxygen atoms in total. The van der Waals surface area contributed by atoms with Crippen LogP contribution in [0, 0.1) is 10.1 Å². The molecule has 3 aromatic rings. The zero-order valence-corrected chi connectivity index (χ0v) is 24.5. The van der Waals surface area contributed by atoms with Crippen LogP contribution in [0.25, 0.3) is 0 Å². The summed E-state index contributed by atoms with van der Waals surface area (Å²) in [5.41, 5.74) is 2.46. The van der Waals surface area contributed by atoms with Gasteiger partial charge in [-0.1, -0.05) is 30.3 Å². The molecule has 0 saturated carbocycles. The zero-order valence-electron chi connectivity index (χ0n) is 24.5. The van der Waals surface area contributed by atoms with E-state index in [0.29, 0.717) is 27.9 Å². The minimum Gasteiger partial charge on any atom is -0.480 e. The van der Waals surface area contributed by atoms with Gasteiger partial charge in [0.15, 0.2) is 0 Å². The number of carboxylic acid groups (broad SMARTS) is 1. The Morgan fingerprint density at radius 3 is 2.11 bits per heavy atom. The van der Waals surface area contributed by atoms with Crippen LogP contribution in [0.4, 0.5) is 16.2 Å². The normalized spacial score (nSPS) is 17.6. The molecule has 2 unspecified atom stereocenters. The molecule has 2 aliphatic heterocycles. The van der Waals surface area contributed by atoms with Gasteiger partial charge in [0.2, 0.25) is 5.91 Å². The van der Waals surface area contributed by atoms with Crippen LogP contribution < -0.4 is 5.32 Å². The Labute approximate surface area is 253 Å². The topological polar surface area (TPSA) is 159 Å². The molecular weight excluding hydrogens is 568 g/mol. The Kier molecular flexibility index (Phi) is 8.09. The lowest BCUT2D eigenvalue weighted by Gasteiger charge is -2.42. The number of ether oxygens (including phenoxy) is 1. The predicted octanol–water partition coefficient (Wildman–Crippen LogP) is 4.55. The van der Waals surface area contributed by atoms with Gasteiger partial charge in [-0.25, -0.2) is 9.59 Å². The van der Waals surface area contributed by atoms with E-state index in [9.17, 15) is 34.4 Å². The third-order valence-corrected chi connectivity index (χ3v) is 7.64. The number of hydrogen-bond donors (Lipinski definition) is 2. The summed E-state index contributed by atoms with van der Waals surface area (Å²) < 4.78 is 5.58. The molecule has 0 fully saturated rings. The van der Waals surface area contributed by atoms with E-state index in [1.54, 1.807) is 75.4 Å². The van der Waals surface area contributed by atoms with Crippen LogP contribution in [0.1, 0.15) is 53.4 Å². The Morgan fingerprint density at radius 2 is 1.48 bits per heavy atom. The number of carbonyl (C=O) groups is 4. The molecule has 2 N–H and O–H groups in total. The molecule has 0 saturated heterocycles. The molecule has 2 heterocycles. The highest BCUT2D eigenvalue weighted by molar-refractivity contribution is 6.04. The molecule has 3 amide bonds. The number of aliphatic carboxylic acids is 1. The van der Waals surface area contributed by atoms with Gasteiger partial charge < -0.3 is 20.1 Å². The standard InChI is InChI=1S/C32H32N4O8/c1-32(2,3)44-31(41)35-18-23-14-25(36(42)43)12-10-21(23)15-26(35)29(38)34-17-22-13-24(11-9-20(22)16-27(34)30(39)40)33-28(37)19-7-5-4-6-8-19/h4-14,26-27H,15-18H2,1-3H3,(H,33,37)(H,39,40). The highest BCUT2D eigenvalue weighted by atomic mass is 16.6. The number of amides is 3. The predicted molar refractivity (Wildman–Crippen MR) is 159 cm³/mol. The number of rotatable bonds is 5. The van der Waals surface area contributed by atoms with Crippen LogP contribution in [0.5, 0.6) is 0 Å². The second-order valence-electron chi connectivity index (χ2n) is 11.9. The maximum atomic E-state index is 14.2. The number of carbonyl (C=O) groups excluding carboxylic acids is 3. The first kappa shape index (κ1) is 30.2. The molecule has 0 radical (unpaired) electrons. The van der Waals surface area contributed by atoms with Crippen LogP contribution in [0.3, 0.4) is 0 Å². The number of nitrogens with zero attached hydrogens (tertiary/aromatic N) is 3. The first-order valence-electron chi connectivity index (χ1n) is 14.1. The fraction of sp³-hybridized carbons (Fsp3) is 0.312. The molecule has 0 aromatic heterocycles. The van der Waals surface area contributed by atoms with Gasteiger partial charge in [-0.05, 0) is 67.3 Å². The first-order valence-corrected chi connectivity index (χ1v) is 14.1. The molecule has 5 rings (SSSR count). The van der Waals surface area contributed by atoms with Crippen LogP contribution in [0.15, 0.2) is 66.7 Å². The number of fused-ring (bicyclic) bond motifs is 2. The summed E-state index contributed by atoms with van der Waals surface area (Å²) in [6.45, 7) is 4.86. The molecule has 12 heteroatoms. The molecule has 2 atom stereocenters. The van der Waals surface area contributed by atoms with Crippen molar-refractivity contribution in [1.82, 2.24) is 9.80 Å². The van der Waals surface area contributed by atoms with E-state index in [0.717, 1.165) is 5.56 Å². The van der Waals surface area contributed by atoms with Crippen molar-refractivity contribution >= 4 is 35.3 Å². The van der Waals surface area contributed by atoms with Crippen molar-refractivity contribution in [3.8, 4) is 0 Å². The molecule has 0 spiro atoms. The second-order valence-corrected chi connectivity index (χ2v) is 11.9. The van der Waals surface area contributed by atoms with Gasteiger partial charge in [0.25, 0.3) is 11.6 Å². The molecule has 2 aliphatic rings. The summed E-state index contributed by atoms with van der Waals surface area (Å²) in [4.78, 5) is 66.0. The molecule has 44 heavy (non-hydrogen) atoms. The van der Waals surface area contributed by atoms with Gasteiger partial charge in [0.1, 0.15) is 17.7 Å². The average molecular weight is 601 g/mol. The summed E-state index contributed by atoms with van der Waals surface area (Å²) in [5.74, 6) is -2.09. The Hall–Kier alpha value is -5.26.